The highest BCUT2D eigenvalue weighted by Gasteiger charge is 2.47. The monoisotopic (exact) mass is 523 g/mol. The van der Waals surface area contributed by atoms with E-state index in [9.17, 15) is 21.6 Å². The molecule has 9 nitrogen and oxygen atoms in total. The molecule has 0 saturated carbocycles. The van der Waals surface area contributed by atoms with Crippen LogP contribution in [0, 0.1) is 13.8 Å². The fourth-order valence-electron chi connectivity index (χ4n) is 4.15. The molecule has 2 fully saturated rings. The molecule has 2 aliphatic heterocycles. The van der Waals surface area contributed by atoms with E-state index < -0.39 is 44.4 Å². The van der Waals surface area contributed by atoms with Gasteiger partial charge in [0.2, 0.25) is 10.0 Å². The van der Waals surface area contributed by atoms with Crippen LogP contribution in [-0.2, 0) is 38.6 Å². The molecule has 4 rings (SSSR count). The lowest BCUT2D eigenvalue weighted by Crippen LogP contribution is -2.43. The maximum absolute atomic E-state index is 13.5. The van der Waals surface area contributed by atoms with E-state index in [2.05, 4.69) is 0 Å². The van der Waals surface area contributed by atoms with E-state index >= 15 is 0 Å². The van der Waals surface area contributed by atoms with Gasteiger partial charge in [0.1, 0.15) is 12.1 Å². The van der Waals surface area contributed by atoms with Crippen molar-refractivity contribution in [2.45, 2.75) is 61.2 Å². The highest BCUT2D eigenvalue weighted by Crippen LogP contribution is 2.31. The summed E-state index contributed by atoms with van der Waals surface area (Å²) in [6.45, 7) is 4.18. The summed E-state index contributed by atoms with van der Waals surface area (Å²) < 4.78 is 69.9. The average molecular weight is 524 g/mol. The molecule has 0 N–H and O–H groups in total. The minimum Gasteiger partial charge on any atom is -0.459 e. The average Bonchev–Trinajstić information content (AvgIpc) is 3.24. The van der Waals surface area contributed by atoms with Crippen molar-refractivity contribution >= 4 is 26.1 Å². The summed E-state index contributed by atoms with van der Waals surface area (Å²) in [7, 11) is -8.29. The van der Waals surface area contributed by atoms with Gasteiger partial charge in [0.25, 0.3) is 10.1 Å². The molecule has 3 unspecified atom stereocenters. The minimum absolute atomic E-state index is 0.00365. The van der Waals surface area contributed by atoms with Crippen LogP contribution in [0.1, 0.15) is 30.4 Å². The molecule has 0 aromatic heterocycles. The highest BCUT2D eigenvalue weighted by molar-refractivity contribution is 7.89. The van der Waals surface area contributed by atoms with Gasteiger partial charge in [0, 0.05) is 19.6 Å². The first-order valence-corrected chi connectivity index (χ1v) is 14.3. The molecular formula is C24H29NO8S2. The number of benzene rings is 2. The van der Waals surface area contributed by atoms with Crippen LogP contribution in [0.5, 0.6) is 0 Å². The Morgan fingerprint density at radius 1 is 0.914 bits per heavy atom. The largest absolute Gasteiger partial charge is 0.459 e. The first kappa shape index (κ1) is 25.8. The summed E-state index contributed by atoms with van der Waals surface area (Å²) in [4.78, 5) is 13.0. The fraction of sp³-hybridized carbons (Fsp3) is 0.458. The lowest BCUT2D eigenvalue weighted by atomic mass is 10.1. The van der Waals surface area contributed by atoms with Gasteiger partial charge in [0.15, 0.2) is 0 Å². The van der Waals surface area contributed by atoms with Crippen LogP contribution in [-0.4, -0.2) is 65.1 Å². The van der Waals surface area contributed by atoms with Crippen molar-refractivity contribution in [3.05, 3.63) is 59.7 Å². The lowest BCUT2D eigenvalue weighted by molar-refractivity contribution is -0.159. The maximum Gasteiger partial charge on any atom is 0.324 e. The Labute approximate surface area is 206 Å². The summed E-state index contributed by atoms with van der Waals surface area (Å²) >= 11 is 0. The van der Waals surface area contributed by atoms with Gasteiger partial charge in [-0.1, -0.05) is 35.4 Å². The Morgan fingerprint density at radius 2 is 1.51 bits per heavy atom. The summed E-state index contributed by atoms with van der Waals surface area (Å²) in [5.41, 5.74) is 1.76. The zero-order valence-electron chi connectivity index (χ0n) is 19.6. The second kappa shape index (κ2) is 10.4. The van der Waals surface area contributed by atoms with Crippen LogP contribution in [0.2, 0.25) is 0 Å². The molecule has 0 radical (unpaired) electrons. The van der Waals surface area contributed by atoms with Gasteiger partial charge in [-0.25, -0.2) is 8.42 Å². The number of nitrogens with zero attached hydrogens (tertiary/aromatic N) is 1. The molecular weight excluding hydrogens is 494 g/mol. The van der Waals surface area contributed by atoms with Crippen LogP contribution in [0.3, 0.4) is 0 Å². The molecule has 2 aromatic rings. The molecule has 2 aromatic carbocycles. The first-order chi connectivity index (χ1) is 16.6. The number of hydrogen-bond acceptors (Lipinski definition) is 8. The Morgan fingerprint density at radius 3 is 2.09 bits per heavy atom. The number of carbonyl (C=O) groups excluding carboxylic acids is 1. The molecule has 3 atom stereocenters. The Kier molecular flexibility index (Phi) is 7.62. The van der Waals surface area contributed by atoms with Gasteiger partial charge in [-0.3, -0.25) is 8.98 Å². The molecule has 2 heterocycles. The SMILES string of the molecule is Cc1ccc(S(=O)(=O)OC2CC(C(=O)OC3CCCOC3)N(S(=O)(=O)c3ccc(C)cc3)C2)cc1. The van der Waals surface area contributed by atoms with Crippen LogP contribution in [0.25, 0.3) is 0 Å². The Balaban J connectivity index is 1.59. The number of aryl methyl sites for hydroxylation is 2. The fourth-order valence-corrected chi connectivity index (χ4v) is 6.85. The molecule has 0 amide bonds. The predicted molar refractivity (Wildman–Crippen MR) is 127 cm³/mol. The first-order valence-electron chi connectivity index (χ1n) is 11.4. The normalized spacial score (nSPS) is 23.8. The standard InChI is InChI=1S/C24H29NO8S2/c1-17-5-9-21(10-6-17)34(27,28)25-15-20(33-35(29,30)22-11-7-18(2)8-12-22)14-23(25)24(26)32-19-4-3-13-31-16-19/h5-12,19-20,23H,3-4,13-16H2,1-2H3. The van der Waals surface area contributed by atoms with Gasteiger partial charge in [0.05, 0.1) is 22.5 Å². The number of carbonyl (C=O) groups is 1. The van der Waals surface area contributed by atoms with E-state index in [1.165, 1.54) is 24.3 Å². The number of hydrogen-bond donors (Lipinski definition) is 0. The zero-order chi connectivity index (χ0) is 25.2. The van der Waals surface area contributed by atoms with Crippen LogP contribution < -0.4 is 0 Å². The minimum atomic E-state index is -4.17. The van der Waals surface area contributed by atoms with E-state index in [1.807, 2.05) is 13.8 Å². The van der Waals surface area contributed by atoms with E-state index in [-0.39, 0.29) is 29.4 Å². The van der Waals surface area contributed by atoms with Gasteiger partial charge < -0.3 is 9.47 Å². The maximum atomic E-state index is 13.5. The van der Waals surface area contributed by atoms with Crippen molar-refractivity contribution in [3.63, 3.8) is 0 Å². The number of esters is 1. The quantitative estimate of drug-likeness (QED) is 0.402. The second-order valence-electron chi connectivity index (χ2n) is 8.90. The van der Waals surface area contributed by atoms with E-state index in [1.54, 1.807) is 24.3 Å². The summed E-state index contributed by atoms with van der Waals surface area (Å²) in [5, 5.41) is 0. The van der Waals surface area contributed by atoms with Crippen LogP contribution in [0.15, 0.2) is 58.3 Å². The Bertz CT molecular complexity index is 1250. The molecule has 2 aliphatic rings. The molecule has 11 heteroatoms. The molecule has 35 heavy (non-hydrogen) atoms. The van der Waals surface area contributed by atoms with Crippen LogP contribution >= 0.6 is 0 Å². The van der Waals surface area contributed by atoms with E-state index in [4.69, 9.17) is 13.7 Å². The molecule has 0 aliphatic carbocycles. The molecule has 0 spiro atoms. The van der Waals surface area contributed by atoms with Crippen molar-refractivity contribution in [3.8, 4) is 0 Å². The van der Waals surface area contributed by atoms with Gasteiger partial charge in [-0.2, -0.15) is 12.7 Å². The van der Waals surface area contributed by atoms with E-state index in [0.717, 1.165) is 21.9 Å². The smallest absolute Gasteiger partial charge is 0.324 e. The van der Waals surface area contributed by atoms with E-state index in [0.29, 0.717) is 13.0 Å². The highest BCUT2D eigenvalue weighted by atomic mass is 32.2. The van der Waals surface area contributed by atoms with Crippen molar-refractivity contribution in [2.75, 3.05) is 19.8 Å². The van der Waals surface area contributed by atoms with Crippen molar-refractivity contribution in [1.82, 2.24) is 4.31 Å². The van der Waals surface area contributed by atoms with Gasteiger partial charge >= 0.3 is 5.97 Å². The Hall–Kier alpha value is -2.31. The third kappa shape index (κ3) is 5.92. The molecule has 2 saturated heterocycles. The number of sulfonamides is 1. The van der Waals surface area contributed by atoms with Gasteiger partial charge in [-0.05, 0) is 51.0 Å². The van der Waals surface area contributed by atoms with Crippen molar-refractivity contribution in [1.29, 1.82) is 0 Å². The van der Waals surface area contributed by atoms with Crippen LogP contribution in [0.4, 0.5) is 0 Å². The summed E-state index contributed by atoms with van der Waals surface area (Å²) in [6.07, 6.45) is -0.333. The third-order valence-electron chi connectivity index (χ3n) is 6.09. The summed E-state index contributed by atoms with van der Waals surface area (Å²) in [5.74, 6) is -0.741. The number of ether oxygens (including phenoxy) is 2. The van der Waals surface area contributed by atoms with Gasteiger partial charge in [-0.15, -0.1) is 0 Å². The van der Waals surface area contributed by atoms with Crippen molar-refractivity contribution in [2.24, 2.45) is 0 Å². The second-order valence-corrected chi connectivity index (χ2v) is 12.4. The topological polar surface area (TPSA) is 116 Å². The number of rotatable bonds is 7. The molecule has 0 bridgehead atoms. The predicted octanol–water partition coefficient (Wildman–Crippen LogP) is 2.56. The molecule has 190 valence electrons. The third-order valence-corrected chi connectivity index (χ3v) is 9.35. The zero-order valence-corrected chi connectivity index (χ0v) is 21.3. The summed E-state index contributed by atoms with van der Waals surface area (Å²) in [6, 6.07) is 11.2. The lowest BCUT2D eigenvalue weighted by Gasteiger charge is -2.26. The van der Waals surface area contributed by atoms with Crippen molar-refractivity contribution < 1.29 is 35.3 Å².